The van der Waals surface area contributed by atoms with Gasteiger partial charge in [-0.25, -0.2) is 9.48 Å². The van der Waals surface area contributed by atoms with E-state index in [1.165, 1.54) is 0 Å². The zero-order valence-electron chi connectivity index (χ0n) is 19.0. The molecule has 2 aromatic carbocycles. The number of benzene rings is 2. The number of carbonyl (C=O) groups excluding carboxylic acids is 2. The summed E-state index contributed by atoms with van der Waals surface area (Å²) in [6.07, 6.45) is 3.46. The molecule has 0 aliphatic heterocycles. The van der Waals surface area contributed by atoms with Gasteiger partial charge in [0.2, 0.25) is 5.91 Å². The number of ether oxygens (including phenoxy) is 1. The maximum absolute atomic E-state index is 12.7. The molecule has 1 N–H and O–H groups in total. The molecule has 168 valence electrons. The number of carbonyl (C=O) groups is 2. The van der Waals surface area contributed by atoms with E-state index < -0.39 is 5.60 Å². The zero-order chi connectivity index (χ0) is 23.1. The van der Waals surface area contributed by atoms with E-state index in [4.69, 9.17) is 4.74 Å². The van der Waals surface area contributed by atoms with Gasteiger partial charge < -0.3 is 15.0 Å². The minimum Gasteiger partial charge on any atom is -0.444 e. The molecule has 0 bridgehead atoms. The van der Waals surface area contributed by atoms with Crippen LogP contribution in [0.5, 0.6) is 0 Å². The summed E-state index contributed by atoms with van der Waals surface area (Å²) in [6, 6.07) is 17.1. The molecule has 32 heavy (non-hydrogen) atoms. The predicted molar refractivity (Wildman–Crippen MR) is 125 cm³/mol. The van der Waals surface area contributed by atoms with Gasteiger partial charge in [-0.3, -0.25) is 4.79 Å². The van der Waals surface area contributed by atoms with Crippen molar-refractivity contribution >= 4 is 17.7 Å². The van der Waals surface area contributed by atoms with Gasteiger partial charge in [0.25, 0.3) is 0 Å². The third-order valence-corrected chi connectivity index (χ3v) is 4.76. The van der Waals surface area contributed by atoms with Gasteiger partial charge in [-0.2, -0.15) is 5.10 Å². The fourth-order valence-electron chi connectivity index (χ4n) is 3.19. The van der Waals surface area contributed by atoms with E-state index in [9.17, 15) is 9.59 Å². The highest BCUT2D eigenvalue weighted by Crippen LogP contribution is 2.20. The van der Waals surface area contributed by atoms with Gasteiger partial charge in [0.1, 0.15) is 5.60 Å². The predicted octanol–water partition coefficient (Wildman–Crippen LogP) is 4.81. The SMILES string of the molecule is CCN(Cc1ccccc1NC(=O)Cc1ccc(-n2cccn2)cc1)C(=O)OC(C)(C)C. The minimum absolute atomic E-state index is 0.121. The molecule has 2 amide bonds. The Balaban J connectivity index is 1.65. The fourth-order valence-corrected chi connectivity index (χ4v) is 3.19. The smallest absolute Gasteiger partial charge is 0.410 e. The number of para-hydroxylation sites is 1. The first-order valence-corrected chi connectivity index (χ1v) is 10.7. The molecular formula is C25H30N4O3. The highest BCUT2D eigenvalue weighted by atomic mass is 16.6. The van der Waals surface area contributed by atoms with E-state index in [1.807, 2.05) is 88.5 Å². The van der Waals surface area contributed by atoms with E-state index in [0.717, 1.165) is 16.8 Å². The van der Waals surface area contributed by atoms with Crippen molar-refractivity contribution in [2.45, 2.75) is 46.3 Å². The van der Waals surface area contributed by atoms with Gasteiger partial charge in [0.05, 0.1) is 18.7 Å². The van der Waals surface area contributed by atoms with Crippen LogP contribution in [-0.4, -0.2) is 38.8 Å². The van der Waals surface area contributed by atoms with Crippen LogP contribution in [0.25, 0.3) is 5.69 Å². The van der Waals surface area contributed by atoms with Crippen LogP contribution in [0.15, 0.2) is 67.0 Å². The lowest BCUT2D eigenvalue weighted by molar-refractivity contribution is -0.115. The van der Waals surface area contributed by atoms with Crippen LogP contribution >= 0.6 is 0 Å². The lowest BCUT2D eigenvalue weighted by Gasteiger charge is -2.27. The van der Waals surface area contributed by atoms with E-state index in [0.29, 0.717) is 18.8 Å². The number of aromatic nitrogens is 2. The maximum Gasteiger partial charge on any atom is 0.410 e. The second-order valence-corrected chi connectivity index (χ2v) is 8.49. The Kier molecular flexibility index (Phi) is 7.30. The first-order valence-electron chi connectivity index (χ1n) is 10.7. The van der Waals surface area contributed by atoms with Gasteiger partial charge in [0, 0.05) is 24.6 Å². The van der Waals surface area contributed by atoms with Gasteiger partial charge >= 0.3 is 6.09 Å². The second-order valence-electron chi connectivity index (χ2n) is 8.49. The zero-order valence-corrected chi connectivity index (χ0v) is 19.0. The van der Waals surface area contributed by atoms with Crippen molar-refractivity contribution in [2.75, 3.05) is 11.9 Å². The van der Waals surface area contributed by atoms with Crippen molar-refractivity contribution in [2.24, 2.45) is 0 Å². The Morgan fingerprint density at radius 1 is 1.06 bits per heavy atom. The summed E-state index contributed by atoms with van der Waals surface area (Å²) in [6.45, 7) is 8.27. The first-order chi connectivity index (χ1) is 15.2. The molecule has 3 aromatic rings. The molecule has 0 saturated carbocycles. The summed E-state index contributed by atoms with van der Waals surface area (Å²) in [4.78, 5) is 26.8. The monoisotopic (exact) mass is 434 g/mol. The average Bonchev–Trinajstić information content (AvgIpc) is 3.27. The van der Waals surface area contributed by atoms with Crippen LogP contribution < -0.4 is 5.32 Å². The van der Waals surface area contributed by atoms with Crippen LogP contribution in [0, 0.1) is 0 Å². The Labute approximate surface area is 189 Å². The number of hydrogen-bond donors (Lipinski definition) is 1. The van der Waals surface area contributed by atoms with E-state index in [2.05, 4.69) is 10.4 Å². The van der Waals surface area contributed by atoms with Crippen molar-refractivity contribution < 1.29 is 14.3 Å². The van der Waals surface area contributed by atoms with Crippen molar-refractivity contribution in [1.82, 2.24) is 14.7 Å². The molecule has 0 unspecified atom stereocenters. The Hall–Kier alpha value is -3.61. The highest BCUT2D eigenvalue weighted by molar-refractivity contribution is 5.93. The molecule has 0 spiro atoms. The molecular weight excluding hydrogens is 404 g/mol. The standard InChI is InChI=1S/C25H30N4O3/c1-5-28(24(31)32-25(2,3)4)18-20-9-6-7-10-22(20)27-23(30)17-19-11-13-21(14-12-19)29-16-8-15-26-29/h6-16H,5,17-18H2,1-4H3,(H,27,30). The average molecular weight is 435 g/mol. The molecule has 7 heteroatoms. The summed E-state index contributed by atoms with van der Waals surface area (Å²) in [7, 11) is 0. The molecule has 0 aliphatic carbocycles. The van der Waals surface area contributed by atoms with Gasteiger partial charge in [0.15, 0.2) is 0 Å². The van der Waals surface area contributed by atoms with Crippen molar-refractivity contribution in [3.63, 3.8) is 0 Å². The van der Waals surface area contributed by atoms with Crippen molar-refractivity contribution in [1.29, 1.82) is 0 Å². The molecule has 0 radical (unpaired) electrons. The van der Waals surface area contributed by atoms with Crippen LogP contribution in [0.1, 0.15) is 38.8 Å². The van der Waals surface area contributed by atoms with Gasteiger partial charge in [-0.1, -0.05) is 30.3 Å². The van der Waals surface area contributed by atoms with Gasteiger partial charge in [-0.15, -0.1) is 0 Å². The fraction of sp³-hybridized carbons (Fsp3) is 0.320. The maximum atomic E-state index is 12.7. The molecule has 1 aromatic heterocycles. The number of nitrogens with one attached hydrogen (secondary N) is 1. The quantitative estimate of drug-likeness (QED) is 0.579. The molecule has 7 nitrogen and oxygen atoms in total. The Morgan fingerprint density at radius 3 is 2.41 bits per heavy atom. The lowest BCUT2D eigenvalue weighted by Crippen LogP contribution is -2.36. The third kappa shape index (κ3) is 6.44. The van der Waals surface area contributed by atoms with Crippen molar-refractivity contribution in [3.8, 4) is 5.69 Å². The van der Waals surface area contributed by atoms with Crippen LogP contribution in [0.2, 0.25) is 0 Å². The molecule has 0 fully saturated rings. The summed E-state index contributed by atoms with van der Waals surface area (Å²) >= 11 is 0. The number of anilines is 1. The second kappa shape index (κ2) is 10.1. The molecule has 0 aliphatic rings. The topological polar surface area (TPSA) is 76.5 Å². The van der Waals surface area contributed by atoms with Gasteiger partial charge in [-0.05, 0) is 63.1 Å². The first kappa shape index (κ1) is 23.1. The lowest BCUT2D eigenvalue weighted by atomic mass is 10.1. The highest BCUT2D eigenvalue weighted by Gasteiger charge is 2.22. The Bertz CT molecular complexity index is 1040. The number of hydrogen-bond acceptors (Lipinski definition) is 4. The molecule has 0 atom stereocenters. The van der Waals surface area contributed by atoms with E-state index in [1.54, 1.807) is 15.8 Å². The number of rotatable bonds is 7. The van der Waals surface area contributed by atoms with E-state index in [-0.39, 0.29) is 18.4 Å². The number of amides is 2. The normalized spacial score (nSPS) is 11.1. The summed E-state index contributed by atoms with van der Waals surface area (Å²) in [5, 5.41) is 7.19. The third-order valence-electron chi connectivity index (χ3n) is 4.76. The Morgan fingerprint density at radius 2 is 1.78 bits per heavy atom. The summed E-state index contributed by atoms with van der Waals surface area (Å²) in [5.74, 6) is -0.121. The molecule has 3 rings (SSSR count). The summed E-state index contributed by atoms with van der Waals surface area (Å²) in [5.41, 5.74) is 2.81. The molecule has 1 heterocycles. The summed E-state index contributed by atoms with van der Waals surface area (Å²) < 4.78 is 7.26. The minimum atomic E-state index is -0.564. The van der Waals surface area contributed by atoms with Crippen LogP contribution in [-0.2, 0) is 22.5 Å². The largest absolute Gasteiger partial charge is 0.444 e. The van der Waals surface area contributed by atoms with Crippen molar-refractivity contribution in [3.05, 3.63) is 78.1 Å². The van der Waals surface area contributed by atoms with E-state index >= 15 is 0 Å². The van der Waals surface area contributed by atoms with Crippen LogP contribution in [0.4, 0.5) is 10.5 Å². The van der Waals surface area contributed by atoms with Crippen LogP contribution in [0.3, 0.4) is 0 Å². The number of nitrogens with zero attached hydrogens (tertiary/aromatic N) is 3. The molecule has 0 saturated heterocycles.